The van der Waals surface area contributed by atoms with Crippen molar-refractivity contribution >= 4 is 27.3 Å². The first-order valence-corrected chi connectivity index (χ1v) is 9.17. The predicted octanol–water partition coefficient (Wildman–Crippen LogP) is 1.40. The number of hydrogen-bond acceptors (Lipinski definition) is 4. The van der Waals surface area contributed by atoms with E-state index in [9.17, 15) is 8.42 Å². The standard InChI is InChI=1S/C14H22ClN3O2S/c1-16-21(19,20)11-3-6-17-7-9-18(10-8-17)14-5-2-4-13(15)12-14/h2,4-5,12,16H,3,6-11H2,1H3. The summed E-state index contributed by atoms with van der Waals surface area (Å²) in [5.41, 5.74) is 1.15. The van der Waals surface area contributed by atoms with Crippen LogP contribution < -0.4 is 9.62 Å². The van der Waals surface area contributed by atoms with E-state index in [0.29, 0.717) is 6.42 Å². The molecule has 1 aromatic carbocycles. The summed E-state index contributed by atoms with van der Waals surface area (Å²) in [4.78, 5) is 4.62. The van der Waals surface area contributed by atoms with E-state index in [1.807, 2.05) is 18.2 Å². The van der Waals surface area contributed by atoms with Crippen LogP contribution in [0.15, 0.2) is 24.3 Å². The Labute approximate surface area is 131 Å². The molecule has 2 rings (SSSR count). The molecule has 0 radical (unpaired) electrons. The van der Waals surface area contributed by atoms with Crippen LogP contribution in [0.5, 0.6) is 0 Å². The third kappa shape index (κ3) is 5.14. The van der Waals surface area contributed by atoms with Crippen molar-refractivity contribution in [3.8, 4) is 0 Å². The van der Waals surface area contributed by atoms with Crippen LogP contribution in [0.4, 0.5) is 5.69 Å². The second kappa shape index (κ2) is 7.45. The molecule has 0 spiro atoms. The summed E-state index contributed by atoms with van der Waals surface area (Å²) < 4.78 is 25.1. The van der Waals surface area contributed by atoms with Crippen molar-refractivity contribution < 1.29 is 8.42 Å². The molecule has 0 amide bonds. The second-order valence-electron chi connectivity index (χ2n) is 5.19. The van der Waals surface area contributed by atoms with Gasteiger partial charge in [0.15, 0.2) is 0 Å². The highest BCUT2D eigenvalue weighted by Gasteiger charge is 2.17. The first kappa shape index (κ1) is 16.5. The van der Waals surface area contributed by atoms with Crippen molar-refractivity contribution in [1.82, 2.24) is 9.62 Å². The minimum atomic E-state index is -3.08. The summed E-state index contributed by atoms with van der Waals surface area (Å²) in [7, 11) is -1.62. The number of halogens is 1. The molecule has 1 saturated heterocycles. The van der Waals surface area contributed by atoms with Crippen LogP contribution in [0.1, 0.15) is 6.42 Å². The van der Waals surface area contributed by atoms with E-state index in [-0.39, 0.29) is 5.75 Å². The Morgan fingerprint density at radius 1 is 1.24 bits per heavy atom. The molecule has 0 atom stereocenters. The normalized spacial score (nSPS) is 17.1. The van der Waals surface area contributed by atoms with Gasteiger partial charge in [-0.25, -0.2) is 13.1 Å². The van der Waals surface area contributed by atoms with Crippen LogP contribution in [0.25, 0.3) is 0 Å². The van der Waals surface area contributed by atoms with Crippen molar-refractivity contribution in [2.24, 2.45) is 0 Å². The average Bonchev–Trinajstić information content (AvgIpc) is 2.48. The van der Waals surface area contributed by atoms with E-state index in [0.717, 1.165) is 43.4 Å². The van der Waals surface area contributed by atoms with Gasteiger partial charge in [-0.05, 0) is 38.2 Å². The lowest BCUT2D eigenvalue weighted by molar-refractivity contribution is 0.258. The van der Waals surface area contributed by atoms with Crippen molar-refractivity contribution in [2.75, 3.05) is 50.4 Å². The lowest BCUT2D eigenvalue weighted by Crippen LogP contribution is -2.47. The van der Waals surface area contributed by atoms with Gasteiger partial charge in [0.2, 0.25) is 10.0 Å². The van der Waals surface area contributed by atoms with E-state index in [1.54, 1.807) is 0 Å². The van der Waals surface area contributed by atoms with Gasteiger partial charge in [-0.15, -0.1) is 0 Å². The highest BCUT2D eigenvalue weighted by atomic mass is 35.5. The van der Waals surface area contributed by atoms with Crippen LogP contribution in [-0.4, -0.2) is 58.8 Å². The van der Waals surface area contributed by atoms with Crippen LogP contribution in [0.2, 0.25) is 5.02 Å². The molecule has 0 bridgehead atoms. The molecule has 1 aromatic rings. The maximum Gasteiger partial charge on any atom is 0.211 e. The fourth-order valence-electron chi connectivity index (χ4n) is 2.48. The van der Waals surface area contributed by atoms with Crippen LogP contribution in [0.3, 0.4) is 0 Å². The van der Waals surface area contributed by atoms with Crippen molar-refractivity contribution in [3.05, 3.63) is 29.3 Å². The summed E-state index contributed by atoms with van der Waals surface area (Å²) in [6.07, 6.45) is 0.667. The van der Waals surface area contributed by atoms with Gasteiger partial charge in [-0.3, -0.25) is 4.90 Å². The molecular formula is C14H22ClN3O2S. The molecule has 7 heteroatoms. The predicted molar refractivity (Wildman–Crippen MR) is 87.6 cm³/mol. The Morgan fingerprint density at radius 2 is 1.95 bits per heavy atom. The third-order valence-corrected chi connectivity index (χ3v) is 5.43. The SMILES string of the molecule is CNS(=O)(=O)CCCN1CCN(c2cccc(Cl)c2)CC1. The van der Waals surface area contributed by atoms with Crippen LogP contribution in [-0.2, 0) is 10.0 Å². The van der Waals surface area contributed by atoms with Crippen LogP contribution in [0, 0.1) is 0 Å². The number of nitrogens with one attached hydrogen (secondary N) is 1. The highest BCUT2D eigenvalue weighted by molar-refractivity contribution is 7.89. The van der Waals surface area contributed by atoms with Gasteiger partial charge in [-0.2, -0.15) is 0 Å². The Hall–Kier alpha value is -0.820. The number of nitrogens with zero attached hydrogens (tertiary/aromatic N) is 2. The Bertz CT molecular complexity index is 557. The zero-order chi connectivity index (χ0) is 15.3. The highest BCUT2D eigenvalue weighted by Crippen LogP contribution is 2.20. The minimum absolute atomic E-state index is 0.192. The van der Waals surface area contributed by atoms with Crippen molar-refractivity contribution in [3.63, 3.8) is 0 Å². The molecule has 1 fully saturated rings. The Kier molecular flexibility index (Phi) is 5.87. The van der Waals surface area contributed by atoms with Gasteiger partial charge in [0.05, 0.1) is 5.75 Å². The third-order valence-electron chi connectivity index (χ3n) is 3.74. The number of rotatable bonds is 6. The van der Waals surface area contributed by atoms with Crippen molar-refractivity contribution in [2.45, 2.75) is 6.42 Å². The van der Waals surface area contributed by atoms with Gasteiger partial charge in [0.1, 0.15) is 0 Å². The largest absolute Gasteiger partial charge is 0.369 e. The summed E-state index contributed by atoms with van der Waals surface area (Å²) in [6, 6.07) is 7.90. The van der Waals surface area contributed by atoms with E-state index < -0.39 is 10.0 Å². The summed E-state index contributed by atoms with van der Waals surface area (Å²) in [6.45, 7) is 4.61. The molecule has 1 N–H and O–H groups in total. The number of hydrogen-bond donors (Lipinski definition) is 1. The van der Waals surface area contributed by atoms with Gasteiger partial charge in [-0.1, -0.05) is 17.7 Å². The minimum Gasteiger partial charge on any atom is -0.369 e. The quantitative estimate of drug-likeness (QED) is 0.856. The molecule has 21 heavy (non-hydrogen) atoms. The van der Waals surface area contributed by atoms with Gasteiger partial charge < -0.3 is 4.90 Å². The summed E-state index contributed by atoms with van der Waals surface area (Å²) in [5.74, 6) is 0.192. The topological polar surface area (TPSA) is 52.7 Å². The van der Waals surface area contributed by atoms with E-state index >= 15 is 0 Å². The number of benzene rings is 1. The first-order valence-electron chi connectivity index (χ1n) is 7.14. The van der Waals surface area contributed by atoms with Crippen molar-refractivity contribution in [1.29, 1.82) is 0 Å². The number of sulfonamides is 1. The molecule has 1 aliphatic rings. The monoisotopic (exact) mass is 331 g/mol. The summed E-state index contributed by atoms with van der Waals surface area (Å²) in [5, 5.41) is 0.757. The number of piperazine rings is 1. The molecule has 0 aromatic heterocycles. The molecule has 0 saturated carbocycles. The molecule has 1 heterocycles. The van der Waals surface area contributed by atoms with Gasteiger partial charge >= 0.3 is 0 Å². The van der Waals surface area contributed by atoms with Crippen LogP contribution >= 0.6 is 11.6 Å². The fraction of sp³-hybridized carbons (Fsp3) is 0.571. The summed E-state index contributed by atoms with van der Waals surface area (Å²) >= 11 is 6.02. The number of anilines is 1. The smallest absolute Gasteiger partial charge is 0.211 e. The zero-order valence-corrected chi connectivity index (χ0v) is 13.8. The van der Waals surface area contributed by atoms with E-state index in [1.165, 1.54) is 7.05 Å². The molecule has 0 aliphatic carbocycles. The first-order chi connectivity index (χ1) is 10.00. The van der Waals surface area contributed by atoms with E-state index in [2.05, 4.69) is 20.6 Å². The fourth-order valence-corrected chi connectivity index (χ4v) is 3.38. The Morgan fingerprint density at radius 3 is 2.57 bits per heavy atom. The zero-order valence-electron chi connectivity index (χ0n) is 12.3. The molecule has 118 valence electrons. The molecular weight excluding hydrogens is 310 g/mol. The maximum atomic E-state index is 11.4. The molecule has 5 nitrogen and oxygen atoms in total. The van der Waals surface area contributed by atoms with Gasteiger partial charge in [0, 0.05) is 36.9 Å². The second-order valence-corrected chi connectivity index (χ2v) is 7.67. The Balaban J connectivity index is 1.76. The average molecular weight is 332 g/mol. The molecule has 0 unspecified atom stereocenters. The van der Waals surface area contributed by atoms with Gasteiger partial charge in [0.25, 0.3) is 0 Å². The lowest BCUT2D eigenvalue weighted by atomic mass is 10.2. The lowest BCUT2D eigenvalue weighted by Gasteiger charge is -2.36. The van der Waals surface area contributed by atoms with E-state index in [4.69, 9.17) is 11.6 Å². The maximum absolute atomic E-state index is 11.4. The molecule has 1 aliphatic heterocycles.